The lowest BCUT2D eigenvalue weighted by Gasteiger charge is -2.35. The van der Waals surface area contributed by atoms with Crippen LogP contribution in [0.2, 0.25) is 0 Å². The van der Waals surface area contributed by atoms with Gasteiger partial charge in [0.1, 0.15) is 5.82 Å². The number of guanidine groups is 1. The highest BCUT2D eigenvalue weighted by atomic mass is 19.1. The molecule has 8 heteroatoms. The Balaban J connectivity index is 1.45. The number of piperazine rings is 1. The van der Waals surface area contributed by atoms with Crippen molar-refractivity contribution in [3.63, 3.8) is 0 Å². The lowest BCUT2D eigenvalue weighted by Crippen LogP contribution is -2.47. The number of aliphatic imine (C=N–C) groups is 1. The fourth-order valence-corrected chi connectivity index (χ4v) is 4.42. The molecule has 0 unspecified atom stereocenters. The number of nitrogens with one attached hydrogen (secondary N) is 1. The summed E-state index contributed by atoms with van der Waals surface area (Å²) in [5.74, 6) is 0.721. The van der Waals surface area contributed by atoms with E-state index in [0.29, 0.717) is 18.3 Å². The number of methoxy groups -OCH3 is 1. The Kier molecular flexibility index (Phi) is 10.0. The summed E-state index contributed by atoms with van der Waals surface area (Å²) >= 11 is 0. The van der Waals surface area contributed by atoms with Gasteiger partial charge in [-0.25, -0.2) is 4.39 Å². The molecule has 32 heavy (non-hydrogen) atoms. The number of hydrogen-bond acceptors (Lipinski definition) is 5. The maximum Gasteiger partial charge on any atom is 0.193 e. The summed E-state index contributed by atoms with van der Waals surface area (Å²) in [7, 11) is 3.52. The van der Waals surface area contributed by atoms with Crippen molar-refractivity contribution in [2.75, 3.05) is 78.1 Å². The van der Waals surface area contributed by atoms with Gasteiger partial charge in [-0.05, 0) is 43.5 Å². The van der Waals surface area contributed by atoms with Crippen molar-refractivity contribution in [2.24, 2.45) is 4.99 Å². The van der Waals surface area contributed by atoms with Crippen molar-refractivity contribution in [2.45, 2.75) is 38.8 Å². The van der Waals surface area contributed by atoms with E-state index in [1.54, 1.807) is 20.2 Å². The minimum absolute atomic E-state index is 0.143. The Labute approximate surface area is 192 Å². The summed E-state index contributed by atoms with van der Waals surface area (Å²) in [6.45, 7) is 10.8. The minimum Gasteiger partial charge on any atom is -0.385 e. The van der Waals surface area contributed by atoms with E-state index in [9.17, 15) is 4.39 Å². The van der Waals surface area contributed by atoms with Crippen molar-refractivity contribution in [3.8, 4) is 0 Å². The molecule has 1 aromatic carbocycles. The average Bonchev–Trinajstić information content (AvgIpc) is 2.83. The molecule has 2 aliphatic rings. The van der Waals surface area contributed by atoms with E-state index in [1.807, 2.05) is 12.1 Å². The second-order valence-electron chi connectivity index (χ2n) is 8.51. The van der Waals surface area contributed by atoms with Gasteiger partial charge in [0.05, 0.1) is 11.8 Å². The SMILES string of the molecule is CCN1CCN(c2ccc(CNC(=NC)N3CCC(OCCCOC)CC3)cc2F)CC1. The molecule has 1 N–H and O–H groups in total. The average molecular weight is 450 g/mol. The third-order valence-electron chi connectivity index (χ3n) is 6.42. The molecular weight excluding hydrogens is 409 g/mol. The lowest BCUT2D eigenvalue weighted by atomic mass is 10.1. The molecule has 2 aliphatic heterocycles. The molecule has 0 saturated carbocycles. The van der Waals surface area contributed by atoms with Crippen LogP contribution >= 0.6 is 0 Å². The topological polar surface area (TPSA) is 52.6 Å². The molecule has 2 heterocycles. The van der Waals surface area contributed by atoms with Gasteiger partial charge >= 0.3 is 0 Å². The molecule has 0 bridgehead atoms. The molecule has 3 rings (SSSR count). The predicted octanol–water partition coefficient (Wildman–Crippen LogP) is 2.56. The first-order valence-corrected chi connectivity index (χ1v) is 12.0. The van der Waals surface area contributed by atoms with Gasteiger partial charge < -0.3 is 29.5 Å². The van der Waals surface area contributed by atoms with Crippen LogP contribution in [0.1, 0.15) is 31.7 Å². The van der Waals surface area contributed by atoms with Crippen molar-refractivity contribution in [1.29, 1.82) is 0 Å². The molecule has 0 amide bonds. The Morgan fingerprint density at radius 3 is 2.50 bits per heavy atom. The molecule has 0 radical (unpaired) electrons. The van der Waals surface area contributed by atoms with E-state index in [-0.39, 0.29) is 5.82 Å². The molecule has 7 nitrogen and oxygen atoms in total. The summed E-state index contributed by atoms with van der Waals surface area (Å²) in [6, 6.07) is 5.59. The highest BCUT2D eigenvalue weighted by molar-refractivity contribution is 5.80. The molecule has 0 aliphatic carbocycles. The van der Waals surface area contributed by atoms with Crippen LogP contribution in [0.5, 0.6) is 0 Å². The maximum atomic E-state index is 14.8. The van der Waals surface area contributed by atoms with Crippen LogP contribution in [-0.2, 0) is 16.0 Å². The van der Waals surface area contributed by atoms with Gasteiger partial charge in [-0.15, -0.1) is 0 Å². The van der Waals surface area contributed by atoms with E-state index < -0.39 is 0 Å². The molecule has 2 saturated heterocycles. The number of hydrogen-bond donors (Lipinski definition) is 1. The number of benzene rings is 1. The number of likely N-dealkylation sites (N-methyl/N-ethyl adjacent to an activating group) is 1. The van der Waals surface area contributed by atoms with Gasteiger partial charge in [0, 0.05) is 73.2 Å². The molecule has 180 valence electrons. The highest BCUT2D eigenvalue weighted by Gasteiger charge is 2.22. The van der Waals surface area contributed by atoms with E-state index in [0.717, 1.165) is 89.8 Å². The van der Waals surface area contributed by atoms with Crippen molar-refractivity contribution in [3.05, 3.63) is 29.6 Å². The second-order valence-corrected chi connectivity index (χ2v) is 8.51. The maximum absolute atomic E-state index is 14.8. The van der Waals surface area contributed by atoms with Crippen molar-refractivity contribution >= 4 is 11.6 Å². The number of anilines is 1. The van der Waals surface area contributed by atoms with Crippen LogP contribution in [0, 0.1) is 5.82 Å². The zero-order chi connectivity index (χ0) is 22.8. The molecule has 2 fully saturated rings. The van der Waals surface area contributed by atoms with Gasteiger partial charge in [0.15, 0.2) is 5.96 Å². The van der Waals surface area contributed by atoms with E-state index in [4.69, 9.17) is 9.47 Å². The van der Waals surface area contributed by atoms with Crippen LogP contribution in [0.3, 0.4) is 0 Å². The van der Waals surface area contributed by atoms with Gasteiger partial charge in [-0.1, -0.05) is 13.0 Å². The largest absolute Gasteiger partial charge is 0.385 e. The summed E-state index contributed by atoms with van der Waals surface area (Å²) in [5, 5.41) is 3.40. The fraction of sp³-hybridized carbons (Fsp3) is 0.708. The number of halogens is 1. The standard InChI is InChI=1S/C24H40FN5O2/c1-4-28-12-14-29(15-13-28)23-7-6-20(18-22(23)25)19-27-24(26-2)30-10-8-21(9-11-30)32-17-5-16-31-3/h6-7,18,21H,4-5,8-17,19H2,1-3H3,(H,26,27). The summed E-state index contributed by atoms with van der Waals surface area (Å²) < 4.78 is 25.8. The summed E-state index contributed by atoms with van der Waals surface area (Å²) in [6.07, 6.45) is 3.22. The van der Waals surface area contributed by atoms with Gasteiger partial charge in [-0.3, -0.25) is 4.99 Å². The smallest absolute Gasteiger partial charge is 0.193 e. The van der Waals surface area contributed by atoms with Crippen LogP contribution in [-0.4, -0.2) is 95.0 Å². The minimum atomic E-state index is -0.143. The number of ether oxygens (including phenoxy) is 2. The fourth-order valence-electron chi connectivity index (χ4n) is 4.42. The van der Waals surface area contributed by atoms with Crippen LogP contribution in [0.25, 0.3) is 0 Å². The third-order valence-corrected chi connectivity index (χ3v) is 6.42. The zero-order valence-corrected chi connectivity index (χ0v) is 20.0. The summed E-state index contributed by atoms with van der Waals surface area (Å²) in [4.78, 5) is 11.2. The van der Waals surface area contributed by atoms with Gasteiger partial charge in [0.2, 0.25) is 0 Å². The van der Waals surface area contributed by atoms with Crippen LogP contribution in [0.15, 0.2) is 23.2 Å². The van der Waals surface area contributed by atoms with Crippen molar-refractivity contribution < 1.29 is 13.9 Å². The molecule has 0 aromatic heterocycles. The quantitative estimate of drug-likeness (QED) is 0.355. The Morgan fingerprint density at radius 1 is 1.12 bits per heavy atom. The Hall–Kier alpha value is -1.90. The molecule has 0 spiro atoms. The highest BCUT2D eigenvalue weighted by Crippen LogP contribution is 2.22. The van der Waals surface area contributed by atoms with E-state index >= 15 is 0 Å². The number of piperidine rings is 1. The molecular formula is C24H40FN5O2. The van der Waals surface area contributed by atoms with Crippen molar-refractivity contribution in [1.82, 2.24) is 15.1 Å². The van der Waals surface area contributed by atoms with Gasteiger partial charge in [0.25, 0.3) is 0 Å². The third kappa shape index (κ3) is 7.05. The van der Waals surface area contributed by atoms with Crippen LogP contribution in [0.4, 0.5) is 10.1 Å². The van der Waals surface area contributed by atoms with Gasteiger partial charge in [-0.2, -0.15) is 0 Å². The van der Waals surface area contributed by atoms with E-state index in [2.05, 4.69) is 31.9 Å². The molecule has 1 aromatic rings. The molecule has 0 atom stereocenters. The first-order chi connectivity index (χ1) is 15.6. The Bertz CT molecular complexity index is 716. The van der Waals surface area contributed by atoms with Crippen LogP contribution < -0.4 is 10.2 Å². The number of likely N-dealkylation sites (tertiary alicyclic amines) is 1. The number of nitrogens with zero attached hydrogens (tertiary/aromatic N) is 4. The monoisotopic (exact) mass is 449 g/mol. The Morgan fingerprint density at radius 2 is 1.88 bits per heavy atom. The van der Waals surface area contributed by atoms with E-state index in [1.165, 1.54) is 0 Å². The normalized spacial score (nSPS) is 18.9. The summed E-state index contributed by atoms with van der Waals surface area (Å²) in [5.41, 5.74) is 1.64. The first kappa shape index (κ1) is 24.7. The lowest BCUT2D eigenvalue weighted by molar-refractivity contribution is 0.00989. The predicted molar refractivity (Wildman–Crippen MR) is 128 cm³/mol. The zero-order valence-electron chi connectivity index (χ0n) is 20.0. The number of rotatable bonds is 9. The second kappa shape index (κ2) is 13.0. The first-order valence-electron chi connectivity index (χ1n) is 12.0.